The number of ether oxygens (including phenoxy) is 2. The molecular formula is C12H20O4. The molecule has 0 aromatic carbocycles. The van der Waals surface area contributed by atoms with Crippen molar-refractivity contribution in [2.75, 3.05) is 13.2 Å². The van der Waals surface area contributed by atoms with Gasteiger partial charge < -0.3 is 9.47 Å². The van der Waals surface area contributed by atoms with Crippen LogP contribution >= 0.6 is 0 Å². The summed E-state index contributed by atoms with van der Waals surface area (Å²) in [6.45, 7) is 2.43. The number of hydrogen-bond donors (Lipinski definition) is 0. The normalized spacial score (nSPS) is 23.3. The summed E-state index contributed by atoms with van der Waals surface area (Å²) in [7, 11) is 0. The van der Waals surface area contributed by atoms with Gasteiger partial charge >= 0.3 is 11.9 Å². The molecule has 1 rings (SSSR count). The number of cyclic esters (lactones) is 1. The van der Waals surface area contributed by atoms with E-state index in [1.807, 2.05) is 0 Å². The lowest BCUT2D eigenvalue weighted by molar-refractivity contribution is -0.144. The summed E-state index contributed by atoms with van der Waals surface area (Å²) in [5.41, 5.74) is 0. The van der Waals surface area contributed by atoms with Crippen LogP contribution in [-0.4, -0.2) is 25.2 Å². The van der Waals surface area contributed by atoms with Crippen molar-refractivity contribution < 1.29 is 19.1 Å². The van der Waals surface area contributed by atoms with Gasteiger partial charge in [-0.25, -0.2) is 0 Å². The Bertz CT molecular complexity index is 223. The van der Waals surface area contributed by atoms with E-state index >= 15 is 0 Å². The highest BCUT2D eigenvalue weighted by atomic mass is 16.5. The second-order valence-electron chi connectivity index (χ2n) is 4.28. The molecule has 1 aliphatic rings. The first-order valence-electron chi connectivity index (χ1n) is 5.97. The fourth-order valence-corrected chi connectivity index (χ4v) is 1.88. The van der Waals surface area contributed by atoms with Crippen LogP contribution in [0.15, 0.2) is 0 Å². The molecule has 1 fully saturated rings. The third-order valence-corrected chi connectivity index (χ3v) is 2.79. The number of rotatable bonds is 2. The molecule has 0 N–H and O–H groups in total. The Morgan fingerprint density at radius 1 is 1.38 bits per heavy atom. The molecule has 1 aliphatic heterocycles. The van der Waals surface area contributed by atoms with Gasteiger partial charge in [0, 0.05) is 13.3 Å². The molecule has 1 unspecified atom stereocenters. The van der Waals surface area contributed by atoms with Crippen LogP contribution in [0.5, 0.6) is 0 Å². The number of esters is 2. The van der Waals surface area contributed by atoms with E-state index in [9.17, 15) is 9.59 Å². The molecule has 0 saturated carbocycles. The maximum Gasteiger partial charge on any atom is 0.305 e. The first kappa shape index (κ1) is 13.0. The Kier molecular flexibility index (Phi) is 5.90. The van der Waals surface area contributed by atoms with Crippen LogP contribution in [-0.2, 0) is 19.1 Å². The van der Waals surface area contributed by atoms with Gasteiger partial charge in [0.15, 0.2) is 0 Å². The van der Waals surface area contributed by atoms with E-state index < -0.39 is 0 Å². The molecule has 0 spiro atoms. The summed E-state index contributed by atoms with van der Waals surface area (Å²) >= 11 is 0. The number of carbonyl (C=O) groups excluding carboxylic acids is 2. The van der Waals surface area contributed by atoms with Crippen LogP contribution in [0.25, 0.3) is 0 Å². The van der Waals surface area contributed by atoms with E-state index in [1.54, 1.807) is 0 Å². The first-order valence-corrected chi connectivity index (χ1v) is 5.97. The highest BCUT2D eigenvalue weighted by molar-refractivity contribution is 5.69. The van der Waals surface area contributed by atoms with E-state index in [0.29, 0.717) is 25.6 Å². The van der Waals surface area contributed by atoms with Crippen molar-refractivity contribution in [1.82, 2.24) is 0 Å². The van der Waals surface area contributed by atoms with Crippen LogP contribution < -0.4 is 0 Å². The minimum absolute atomic E-state index is 0.0848. The molecule has 0 aliphatic carbocycles. The maximum atomic E-state index is 11.1. The zero-order chi connectivity index (χ0) is 11.8. The van der Waals surface area contributed by atoms with Gasteiger partial charge in [-0.1, -0.05) is 6.42 Å². The standard InChI is InChI=1S/C12H20O4/c1-10(13)16-9-11-5-2-3-7-12(14)15-8-4-6-11/h11H,2-9H2,1H3. The highest BCUT2D eigenvalue weighted by Gasteiger charge is 2.13. The smallest absolute Gasteiger partial charge is 0.305 e. The molecule has 0 bridgehead atoms. The molecule has 0 radical (unpaired) electrons. The zero-order valence-electron chi connectivity index (χ0n) is 9.87. The van der Waals surface area contributed by atoms with Crippen molar-refractivity contribution >= 4 is 11.9 Å². The summed E-state index contributed by atoms with van der Waals surface area (Å²) in [6, 6.07) is 0. The lowest BCUT2D eigenvalue weighted by Gasteiger charge is -2.17. The molecule has 92 valence electrons. The van der Waals surface area contributed by atoms with Crippen molar-refractivity contribution in [3.05, 3.63) is 0 Å². The molecular weight excluding hydrogens is 208 g/mol. The van der Waals surface area contributed by atoms with Crippen molar-refractivity contribution in [2.24, 2.45) is 5.92 Å². The minimum Gasteiger partial charge on any atom is -0.466 e. The monoisotopic (exact) mass is 228 g/mol. The SMILES string of the molecule is CC(=O)OCC1CCCCC(=O)OCCC1. The van der Waals surface area contributed by atoms with Crippen LogP contribution in [0, 0.1) is 5.92 Å². The van der Waals surface area contributed by atoms with Crippen LogP contribution in [0.4, 0.5) is 0 Å². The van der Waals surface area contributed by atoms with E-state index in [4.69, 9.17) is 9.47 Å². The summed E-state index contributed by atoms with van der Waals surface area (Å²) in [5, 5.41) is 0. The molecule has 1 atom stereocenters. The third kappa shape index (κ3) is 5.73. The van der Waals surface area contributed by atoms with Gasteiger partial charge in [-0.15, -0.1) is 0 Å². The van der Waals surface area contributed by atoms with Crippen molar-refractivity contribution in [3.63, 3.8) is 0 Å². The van der Waals surface area contributed by atoms with E-state index in [1.165, 1.54) is 6.92 Å². The lowest BCUT2D eigenvalue weighted by Crippen LogP contribution is -2.15. The quantitative estimate of drug-likeness (QED) is 0.679. The lowest BCUT2D eigenvalue weighted by atomic mass is 9.96. The van der Waals surface area contributed by atoms with Crippen molar-refractivity contribution in [3.8, 4) is 0 Å². The second kappa shape index (κ2) is 7.25. The summed E-state index contributed by atoms with van der Waals surface area (Å²) < 4.78 is 10.1. The van der Waals surface area contributed by atoms with Crippen LogP contribution in [0.2, 0.25) is 0 Å². The Labute approximate surface area is 96.3 Å². The average molecular weight is 228 g/mol. The average Bonchev–Trinajstić information content (AvgIpc) is 2.25. The Hall–Kier alpha value is -1.06. The Balaban J connectivity index is 2.28. The van der Waals surface area contributed by atoms with Gasteiger partial charge in [-0.05, 0) is 31.6 Å². The first-order chi connectivity index (χ1) is 7.68. The van der Waals surface area contributed by atoms with Gasteiger partial charge in [0.05, 0.1) is 13.2 Å². The van der Waals surface area contributed by atoms with Crippen LogP contribution in [0.1, 0.15) is 45.4 Å². The van der Waals surface area contributed by atoms with Crippen LogP contribution in [0.3, 0.4) is 0 Å². The molecule has 1 heterocycles. The van der Waals surface area contributed by atoms with Gasteiger partial charge in [0.2, 0.25) is 0 Å². The zero-order valence-corrected chi connectivity index (χ0v) is 9.87. The molecule has 1 saturated heterocycles. The molecule has 16 heavy (non-hydrogen) atoms. The van der Waals surface area contributed by atoms with Crippen molar-refractivity contribution in [1.29, 1.82) is 0 Å². The second-order valence-corrected chi connectivity index (χ2v) is 4.28. The van der Waals surface area contributed by atoms with E-state index in [2.05, 4.69) is 0 Å². The van der Waals surface area contributed by atoms with Gasteiger partial charge in [0.1, 0.15) is 0 Å². The topological polar surface area (TPSA) is 52.6 Å². The number of hydrogen-bond acceptors (Lipinski definition) is 4. The molecule has 0 amide bonds. The van der Waals surface area contributed by atoms with E-state index in [0.717, 1.165) is 32.1 Å². The molecule has 4 heteroatoms. The van der Waals surface area contributed by atoms with Gasteiger partial charge in [0.25, 0.3) is 0 Å². The largest absolute Gasteiger partial charge is 0.466 e. The maximum absolute atomic E-state index is 11.1. The van der Waals surface area contributed by atoms with E-state index in [-0.39, 0.29) is 11.9 Å². The summed E-state index contributed by atoms with van der Waals surface area (Å²) in [6.07, 6.45) is 5.23. The Morgan fingerprint density at radius 3 is 2.88 bits per heavy atom. The fourth-order valence-electron chi connectivity index (χ4n) is 1.88. The highest BCUT2D eigenvalue weighted by Crippen LogP contribution is 2.18. The molecule has 0 aromatic rings. The number of carbonyl (C=O) groups is 2. The summed E-state index contributed by atoms with van der Waals surface area (Å²) in [4.78, 5) is 21.8. The predicted molar refractivity (Wildman–Crippen MR) is 58.8 cm³/mol. The fraction of sp³-hybridized carbons (Fsp3) is 0.833. The van der Waals surface area contributed by atoms with Crippen molar-refractivity contribution in [2.45, 2.75) is 45.4 Å². The minimum atomic E-state index is -0.219. The van der Waals surface area contributed by atoms with Gasteiger partial charge in [-0.2, -0.15) is 0 Å². The molecule has 0 aromatic heterocycles. The predicted octanol–water partition coefficient (Wildman–Crippen LogP) is 2.06. The summed E-state index contributed by atoms with van der Waals surface area (Å²) in [5.74, 6) is 0.114. The Morgan fingerprint density at radius 2 is 2.12 bits per heavy atom. The third-order valence-electron chi connectivity index (χ3n) is 2.79. The van der Waals surface area contributed by atoms with Gasteiger partial charge in [-0.3, -0.25) is 9.59 Å². The molecule has 4 nitrogen and oxygen atoms in total.